The summed E-state index contributed by atoms with van der Waals surface area (Å²) in [5, 5.41) is 25.4. The second-order valence-electron chi connectivity index (χ2n) is 5.47. The van der Waals surface area contributed by atoms with Gasteiger partial charge in [0.05, 0.1) is 11.3 Å². The number of nitriles is 1. The first kappa shape index (κ1) is 19.4. The van der Waals surface area contributed by atoms with Crippen LogP contribution in [-0.4, -0.2) is 26.4 Å². The normalized spacial score (nSPS) is 10.5. The minimum atomic E-state index is -0.183. The van der Waals surface area contributed by atoms with Gasteiger partial charge in [0.2, 0.25) is 5.91 Å². The summed E-state index contributed by atoms with van der Waals surface area (Å²) in [6.45, 7) is 6.49. The first-order valence-electron chi connectivity index (χ1n) is 8.18. The molecule has 1 amide bonds. The molecule has 27 heavy (non-hydrogen) atoms. The standard InChI is InChI=1S/C18H17N5OS3/c1-3-6-23-16(13-8-14(4-2)26-10-13)21-22-18(23)27-11-15(24)20-17-12(9-19)5-7-25-17/h3,5,7-8,10H,1,4,6,11H2,2H3,(H,20,24). The number of aromatic nitrogens is 3. The Morgan fingerprint density at radius 3 is 3.04 bits per heavy atom. The molecule has 9 heteroatoms. The number of allylic oxidation sites excluding steroid dienone is 1. The highest BCUT2D eigenvalue weighted by atomic mass is 32.2. The van der Waals surface area contributed by atoms with Crippen LogP contribution in [0.3, 0.4) is 0 Å². The van der Waals surface area contributed by atoms with Crippen LogP contribution < -0.4 is 5.32 Å². The molecule has 0 aliphatic carbocycles. The lowest BCUT2D eigenvalue weighted by atomic mass is 10.2. The monoisotopic (exact) mass is 415 g/mol. The third-order valence-electron chi connectivity index (χ3n) is 3.66. The number of nitrogens with one attached hydrogen (secondary N) is 1. The summed E-state index contributed by atoms with van der Waals surface area (Å²) in [5.74, 6) is 0.776. The number of amides is 1. The van der Waals surface area contributed by atoms with E-state index in [1.807, 2.05) is 4.57 Å². The summed E-state index contributed by atoms with van der Waals surface area (Å²) >= 11 is 4.35. The van der Waals surface area contributed by atoms with Crippen molar-refractivity contribution in [2.75, 3.05) is 11.1 Å². The van der Waals surface area contributed by atoms with Crippen molar-refractivity contribution < 1.29 is 4.79 Å². The van der Waals surface area contributed by atoms with Crippen molar-refractivity contribution in [2.45, 2.75) is 25.0 Å². The third kappa shape index (κ3) is 4.47. The molecule has 3 rings (SSSR count). The van der Waals surface area contributed by atoms with Crippen molar-refractivity contribution in [2.24, 2.45) is 0 Å². The molecule has 0 saturated carbocycles. The highest BCUT2D eigenvalue weighted by Gasteiger charge is 2.16. The predicted octanol–water partition coefficient (Wildman–Crippen LogP) is 4.42. The van der Waals surface area contributed by atoms with E-state index in [-0.39, 0.29) is 11.7 Å². The molecule has 0 atom stereocenters. The van der Waals surface area contributed by atoms with Gasteiger partial charge in [-0.05, 0) is 23.9 Å². The van der Waals surface area contributed by atoms with Crippen LogP contribution in [0.2, 0.25) is 0 Å². The molecule has 138 valence electrons. The van der Waals surface area contributed by atoms with Gasteiger partial charge in [0.15, 0.2) is 11.0 Å². The van der Waals surface area contributed by atoms with Gasteiger partial charge in [-0.2, -0.15) is 5.26 Å². The van der Waals surface area contributed by atoms with Gasteiger partial charge in [0, 0.05) is 22.4 Å². The molecule has 3 heterocycles. The smallest absolute Gasteiger partial charge is 0.235 e. The zero-order valence-corrected chi connectivity index (χ0v) is 17.1. The molecule has 0 bridgehead atoms. The molecule has 1 N–H and O–H groups in total. The van der Waals surface area contributed by atoms with Crippen molar-refractivity contribution in [3.05, 3.63) is 46.0 Å². The van der Waals surface area contributed by atoms with Gasteiger partial charge in [0.25, 0.3) is 0 Å². The van der Waals surface area contributed by atoms with Gasteiger partial charge >= 0.3 is 0 Å². The number of aryl methyl sites for hydroxylation is 1. The molecule has 0 fully saturated rings. The van der Waals surface area contributed by atoms with Crippen LogP contribution >= 0.6 is 34.4 Å². The zero-order valence-electron chi connectivity index (χ0n) is 14.6. The number of thioether (sulfide) groups is 1. The molecule has 6 nitrogen and oxygen atoms in total. The number of nitrogens with zero attached hydrogens (tertiary/aromatic N) is 4. The van der Waals surface area contributed by atoms with E-state index >= 15 is 0 Å². The SMILES string of the molecule is C=CCn1c(SCC(=O)Nc2sccc2C#N)nnc1-c1csc(CC)c1. The zero-order chi connectivity index (χ0) is 19.2. The number of hydrogen-bond acceptors (Lipinski definition) is 7. The fourth-order valence-electron chi connectivity index (χ4n) is 2.37. The Morgan fingerprint density at radius 2 is 2.33 bits per heavy atom. The van der Waals surface area contributed by atoms with Crippen LogP contribution in [-0.2, 0) is 17.8 Å². The van der Waals surface area contributed by atoms with Gasteiger partial charge < -0.3 is 5.32 Å². The maximum Gasteiger partial charge on any atom is 0.235 e. The van der Waals surface area contributed by atoms with Crippen molar-refractivity contribution in [3.8, 4) is 17.5 Å². The van der Waals surface area contributed by atoms with Crippen LogP contribution in [0.4, 0.5) is 5.00 Å². The van der Waals surface area contributed by atoms with Crippen LogP contribution in [0.5, 0.6) is 0 Å². The van der Waals surface area contributed by atoms with Gasteiger partial charge in [-0.25, -0.2) is 0 Å². The molecule has 0 unspecified atom stereocenters. The Kier molecular flexibility index (Phi) is 6.45. The highest BCUT2D eigenvalue weighted by molar-refractivity contribution is 7.99. The molecule has 0 radical (unpaired) electrons. The van der Waals surface area contributed by atoms with Crippen LogP contribution in [0.25, 0.3) is 11.4 Å². The van der Waals surface area contributed by atoms with Gasteiger partial charge in [-0.1, -0.05) is 24.8 Å². The fraction of sp³-hybridized carbons (Fsp3) is 0.222. The number of anilines is 1. The Labute approximate surface area is 169 Å². The van der Waals surface area contributed by atoms with E-state index in [1.54, 1.807) is 28.9 Å². The summed E-state index contributed by atoms with van der Waals surface area (Å²) < 4.78 is 1.96. The van der Waals surface area contributed by atoms with Crippen LogP contribution in [0, 0.1) is 11.3 Å². The van der Waals surface area contributed by atoms with E-state index in [2.05, 4.69) is 46.5 Å². The summed E-state index contributed by atoms with van der Waals surface area (Å²) in [4.78, 5) is 13.5. The van der Waals surface area contributed by atoms with Crippen molar-refractivity contribution in [1.29, 1.82) is 5.26 Å². The average Bonchev–Trinajstić information content (AvgIpc) is 3.39. The number of hydrogen-bond donors (Lipinski definition) is 1. The largest absolute Gasteiger partial charge is 0.316 e. The average molecular weight is 416 g/mol. The summed E-state index contributed by atoms with van der Waals surface area (Å²) in [6.07, 6.45) is 2.77. The molecule has 0 aromatic carbocycles. The van der Waals surface area contributed by atoms with Gasteiger partial charge in [0.1, 0.15) is 11.1 Å². The molecule has 0 spiro atoms. The minimum absolute atomic E-state index is 0.182. The molecule has 3 aromatic rings. The molecular formula is C18H17N5OS3. The Bertz CT molecular complexity index is 995. The van der Waals surface area contributed by atoms with E-state index < -0.39 is 0 Å². The van der Waals surface area contributed by atoms with Crippen molar-refractivity contribution in [1.82, 2.24) is 14.8 Å². The van der Waals surface area contributed by atoms with E-state index in [4.69, 9.17) is 5.26 Å². The number of carbonyl (C=O) groups is 1. The van der Waals surface area contributed by atoms with Crippen molar-refractivity contribution in [3.63, 3.8) is 0 Å². The lowest BCUT2D eigenvalue weighted by molar-refractivity contribution is -0.113. The van der Waals surface area contributed by atoms with Gasteiger partial charge in [-0.15, -0.1) is 39.4 Å². The van der Waals surface area contributed by atoms with Crippen LogP contribution in [0.1, 0.15) is 17.4 Å². The summed E-state index contributed by atoms with van der Waals surface area (Å²) in [7, 11) is 0. The van der Waals surface area contributed by atoms with Crippen LogP contribution in [0.15, 0.2) is 40.7 Å². The number of carbonyl (C=O) groups excluding carboxylic acids is 1. The molecule has 0 aliphatic heterocycles. The van der Waals surface area contributed by atoms with E-state index in [9.17, 15) is 4.79 Å². The fourth-order valence-corrected chi connectivity index (χ4v) is 4.69. The Balaban J connectivity index is 1.72. The van der Waals surface area contributed by atoms with Gasteiger partial charge in [-0.3, -0.25) is 9.36 Å². The summed E-state index contributed by atoms with van der Waals surface area (Å²) in [5.41, 5.74) is 1.50. The quantitative estimate of drug-likeness (QED) is 0.435. The highest BCUT2D eigenvalue weighted by Crippen LogP contribution is 2.28. The first-order valence-corrected chi connectivity index (χ1v) is 10.9. The lowest BCUT2D eigenvalue weighted by Gasteiger charge is -2.07. The number of rotatable bonds is 8. The molecular weight excluding hydrogens is 398 g/mol. The number of thiophene rings is 2. The molecule has 3 aromatic heterocycles. The first-order chi connectivity index (χ1) is 13.2. The van der Waals surface area contributed by atoms with E-state index in [0.29, 0.717) is 22.3 Å². The topological polar surface area (TPSA) is 83.6 Å². The van der Waals surface area contributed by atoms with E-state index in [0.717, 1.165) is 17.8 Å². The Hall–Kier alpha value is -2.41. The van der Waals surface area contributed by atoms with E-state index in [1.165, 1.54) is 28.0 Å². The third-order valence-corrected chi connectivity index (χ3v) is 6.54. The maximum atomic E-state index is 12.2. The lowest BCUT2D eigenvalue weighted by Crippen LogP contribution is -2.14. The Morgan fingerprint density at radius 1 is 1.48 bits per heavy atom. The maximum absolute atomic E-state index is 12.2. The predicted molar refractivity (Wildman–Crippen MR) is 111 cm³/mol. The molecule has 0 saturated heterocycles. The summed E-state index contributed by atoms with van der Waals surface area (Å²) in [6, 6.07) is 5.87. The second-order valence-corrected chi connectivity index (χ2v) is 8.33. The molecule has 0 aliphatic rings. The van der Waals surface area contributed by atoms with Crippen molar-refractivity contribution >= 4 is 45.3 Å². The second kappa shape index (κ2) is 8.99. The minimum Gasteiger partial charge on any atom is -0.316 e.